The first-order valence-electron chi connectivity index (χ1n) is 12.7. The summed E-state index contributed by atoms with van der Waals surface area (Å²) in [6.45, 7) is 8.49. The van der Waals surface area contributed by atoms with Gasteiger partial charge in [-0.05, 0) is 53.3 Å². The first-order chi connectivity index (χ1) is 18.9. The Morgan fingerprint density at radius 1 is 0.925 bits per heavy atom. The average molecular weight is 563 g/mol. The van der Waals surface area contributed by atoms with E-state index in [2.05, 4.69) is 41.4 Å². The van der Waals surface area contributed by atoms with Gasteiger partial charge in [-0.15, -0.1) is 0 Å². The third-order valence-electron chi connectivity index (χ3n) is 6.22. The maximum Gasteiger partial charge on any atom is 0.271 e. The van der Waals surface area contributed by atoms with Gasteiger partial charge in [0.25, 0.3) is 11.8 Å². The molecular formula is C30H38N6O3S. The summed E-state index contributed by atoms with van der Waals surface area (Å²) in [5.41, 5.74) is 16.9. The van der Waals surface area contributed by atoms with Gasteiger partial charge >= 0.3 is 0 Å². The lowest BCUT2D eigenvalue weighted by atomic mass is 9.86. The van der Waals surface area contributed by atoms with Crippen LogP contribution < -0.4 is 36.9 Å². The van der Waals surface area contributed by atoms with Crippen molar-refractivity contribution in [3.05, 3.63) is 94.4 Å². The second-order valence-electron chi connectivity index (χ2n) is 10.3. The molecule has 0 bridgehead atoms. The maximum atomic E-state index is 13.4. The van der Waals surface area contributed by atoms with E-state index in [1.54, 1.807) is 25.3 Å². The number of anilines is 3. The number of methoxy groups -OCH3 is 1. The van der Waals surface area contributed by atoms with Crippen LogP contribution in [0, 0.1) is 6.92 Å². The van der Waals surface area contributed by atoms with E-state index >= 15 is 0 Å². The molecule has 3 rings (SSSR count). The lowest BCUT2D eigenvalue weighted by Crippen LogP contribution is -2.32. The van der Waals surface area contributed by atoms with E-state index in [0.717, 1.165) is 22.4 Å². The summed E-state index contributed by atoms with van der Waals surface area (Å²) in [4.78, 5) is 25.9. The number of carbonyl (C=O) groups is 2. The molecule has 8 N–H and O–H groups in total. The molecule has 3 aromatic carbocycles. The Kier molecular flexibility index (Phi) is 9.95. The van der Waals surface area contributed by atoms with Crippen LogP contribution >= 0.6 is 11.9 Å². The zero-order chi connectivity index (χ0) is 29.4. The molecule has 2 amide bonds. The van der Waals surface area contributed by atoms with E-state index in [9.17, 15) is 9.59 Å². The third-order valence-corrected chi connectivity index (χ3v) is 6.64. The fourth-order valence-corrected chi connectivity index (χ4v) is 4.23. The first kappa shape index (κ1) is 30.2. The molecular weight excluding hydrogens is 524 g/mol. The third kappa shape index (κ3) is 7.63. The van der Waals surface area contributed by atoms with Gasteiger partial charge in [0.05, 0.1) is 18.5 Å². The summed E-state index contributed by atoms with van der Waals surface area (Å²) < 4.78 is 8.88. The van der Waals surface area contributed by atoms with Crippen LogP contribution in [0.3, 0.4) is 0 Å². The number of nitrogens with two attached hydrogens (primary N) is 2. The molecule has 0 saturated carbocycles. The molecule has 0 aliphatic heterocycles. The monoisotopic (exact) mass is 562 g/mol. The molecule has 0 radical (unpaired) electrons. The number of hydrogen-bond donors (Lipinski definition) is 6. The Morgan fingerprint density at radius 2 is 1.60 bits per heavy atom. The van der Waals surface area contributed by atoms with E-state index in [4.69, 9.17) is 16.2 Å². The lowest BCUT2D eigenvalue weighted by molar-refractivity contribution is -0.117. The zero-order valence-corrected chi connectivity index (χ0v) is 24.6. The molecule has 0 atom stereocenters. The minimum absolute atomic E-state index is 0.0152. The van der Waals surface area contributed by atoms with Crippen LogP contribution in [0.15, 0.2) is 72.2 Å². The normalized spacial score (nSPS) is 11.8. The molecule has 212 valence electrons. The quantitative estimate of drug-likeness (QED) is 0.149. The Morgan fingerprint density at radius 3 is 2.23 bits per heavy atom. The molecule has 10 heteroatoms. The van der Waals surface area contributed by atoms with Gasteiger partial charge in [-0.1, -0.05) is 69.1 Å². The summed E-state index contributed by atoms with van der Waals surface area (Å²) in [6, 6.07) is 18.6. The highest BCUT2D eigenvalue weighted by Gasteiger charge is 2.21. The van der Waals surface area contributed by atoms with Crippen LogP contribution in [-0.2, 0) is 16.8 Å². The Hall–Kier alpha value is -4.31. The van der Waals surface area contributed by atoms with Crippen LogP contribution in [0.5, 0.6) is 5.75 Å². The molecule has 9 nitrogen and oxygen atoms in total. The van der Waals surface area contributed by atoms with Gasteiger partial charge in [-0.3, -0.25) is 9.59 Å². The fourth-order valence-electron chi connectivity index (χ4n) is 3.86. The number of amides is 2. The van der Waals surface area contributed by atoms with Gasteiger partial charge in [0.2, 0.25) is 0 Å². The van der Waals surface area contributed by atoms with Crippen molar-refractivity contribution >= 4 is 40.8 Å². The van der Waals surface area contributed by atoms with Crippen LogP contribution in [-0.4, -0.2) is 25.2 Å². The molecule has 0 fully saturated rings. The summed E-state index contributed by atoms with van der Waals surface area (Å²) in [7, 11) is 1.57. The second kappa shape index (κ2) is 13.2. The SMILES string of the molecule is COc1c(NSC)cc(C(C)(C)C)cc1NC(=O)c1ccc(C)c(N/C(N)=C(\N)C(=O)NCc2ccccc2)c1. The van der Waals surface area contributed by atoms with Crippen molar-refractivity contribution in [3.63, 3.8) is 0 Å². The van der Waals surface area contributed by atoms with Crippen molar-refractivity contribution in [3.8, 4) is 5.75 Å². The van der Waals surface area contributed by atoms with E-state index < -0.39 is 5.91 Å². The van der Waals surface area contributed by atoms with E-state index in [1.807, 2.05) is 55.6 Å². The summed E-state index contributed by atoms with van der Waals surface area (Å²) in [5, 5.41) is 8.72. The Bertz CT molecular complexity index is 1400. The zero-order valence-electron chi connectivity index (χ0n) is 23.8. The van der Waals surface area contributed by atoms with Crippen LogP contribution in [0.25, 0.3) is 0 Å². The molecule has 0 aliphatic carbocycles. The molecule has 0 saturated heterocycles. The maximum absolute atomic E-state index is 13.4. The van der Waals surface area contributed by atoms with Crippen molar-refractivity contribution < 1.29 is 14.3 Å². The van der Waals surface area contributed by atoms with Gasteiger partial charge in [0.15, 0.2) is 5.75 Å². The molecule has 0 spiro atoms. The summed E-state index contributed by atoms with van der Waals surface area (Å²) in [6.07, 6.45) is 1.92. The lowest BCUT2D eigenvalue weighted by Gasteiger charge is -2.24. The number of benzene rings is 3. The van der Waals surface area contributed by atoms with Gasteiger partial charge in [-0.25, -0.2) is 0 Å². The van der Waals surface area contributed by atoms with Crippen LogP contribution in [0.2, 0.25) is 0 Å². The minimum atomic E-state index is -0.499. The van der Waals surface area contributed by atoms with Crippen molar-refractivity contribution in [2.75, 3.05) is 28.7 Å². The highest BCUT2D eigenvalue weighted by molar-refractivity contribution is 7.99. The topological polar surface area (TPSA) is 144 Å². The molecule has 0 unspecified atom stereocenters. The molecule has 0 heterocycles. The Balaban J connectivity index is 1.82. The fraction of sp³-hybridized carbons (Fsp3) is 0.267. The minimum Gasteiger partial charge on any atom is -0.492 e. The van der Waals surface area contributed by atoms with Gasteiger partial charge in [-0.2, -0.15) is 0 Å². The van der Waals surface area contributed by atoms with Crippen molar-refractivity contribution in [2.24, 2.45) is 11.5 Å². The predicted octanol–water partition coefficient (Wildman–Crippen LogP) is 5.06. The average Bonchev–Trinajstić information content (AvgIpc) is 2.92. The van der Waals surface area contributed by atoms with Crippen molar-refractivity contribution in [1.82, 2.24) is 5.32 Å². The molecule has 0 aliphatic rings. The van der Waals surface area contributed by atoms with Crippen LogP contribution in [0.4, 0.5) is 17.1 Å². The second-order valence-corrected chi connectivity index (χ2v) is 10.9. The van der Waals surface area contributed by atoms with Gasteiger partial charge < -0.3 is 36.9 Å². The predicted molar refractivity (Wildman–Crippen MR) is 165 cm³/mol. The van der Waals surface area contributed by atoms with Crippen LogP contribution in [0.1, 0.15) is 47.8 Å². The number of hydrogen-bond acceptors (Lipinski definition) is 8. The van der Waals surface area contributed by atoms with Crippen molar-refractivity contribution in [1.29, 1.82) is 0 Å². The molecule has 40 heavy (non-hydrogen) atoms. The molecule has 3 aromatic rings. The number of nitrogens with one attached hydrogen (secondary N) is 4. The van der Waals surface area contributed by atoms with Gasteiger partial charge in [0, 0.05) is 24.1 Å². The van der Waals surface area contributed by atoms with E-state index in [0.29, 0.717) is 29.2 Å². The van der Waals surface area contributed by atoms with Crippen molar-refractivity contribution in [2.45, 2.75) is 39.7 Å². The first-order valence-corrected chi connectivity index (χ1v) is 13.9. The number of carbonyl (C=O) groups excluding carboxylic acids is 2. The number of aryl methyl sites for hydroxylation is 1. The smallest absolute Gasteiger partial charge is 0.271 e. The van der Waals surface area contributed by atoms with E-state index in [1.165, 1.54) is 11.9 Å². The van der Waals surface area contributed by atoms with Gasteiger partial charge in [0.1, 0.15) is 11.5 Å². The largest absolute Gasteiger partial charge is 0.492 e. The standard InChI is InChI=1S/C30H38N6O3S/c1-18-12-13-20(14-22(18)34-27(32)25(31)29(38)33-17-19-10-8-7-9-11-19)28(37)35-23-15-21(30(2,3)4)16-24(36-40-6)26(23)39-5/h7-16,34,36H,17,31-32H2,1-6H3,(H,33,38)(H,35,37)/b27-25-. The Labute approximate surface area is 240 Å². The van der Waals surface area contributed by atoms with E-state index in [-0.39, 0.29) is 22.8 Å². The highest BCUT2D eigenvalue weighted by atomic mass is 32.2. The highest BCUT2D eigenvalue weighted by Crippen LogP contribution is 2.39. The number of ether oxygens (including phenoxy) is 1. The number of rotatable bonds is 10. The summed E-state index contributed by atoms with van der Waals surface area (Å²) in [5.74, 6) is -0.319. The summed E-state index contributed by atoms with van der Waals surface area (Å²) >= 11 is 1.44. The molecule has 0 aromatic heterocycles.